The van der Waals surface area contributed by atoms with Crippen molar-refractivity contribution in [3.8, 4) is 0 Å². The number of hydrogen-bond acceptors (Lipinski definition) is 4. The summed E-state index contributed by atoms with van der Waals surface area (Å²) in [5.41, 5.74) is 5.82. The summed E-state index contributed by atoms with van der Waals surface area (Å²) in [5.74, 6) is 0.220. The van der Waals surface area contributed by atoms with Gasteiger partial charge in [0.25, 0.3) is 5.69 Å². The molecule has 1 amide bonds. The summed E-state index contributed by atoms with van der Waals surface area (Å²) in [6.07, 6.45) is 7.38. The molecule has 0 bridgehead atoms. The molecule has 1 aromatic carbocycles. The van der Waals surface area contributed by atoms with Crippen molar-refractivity contribution in [3.63, 3.8) is 0 Å². The fourth-order valence-corrected chi connectivity index (χ4v) is 2.90. The zero-order valence-electron chi connectivity index (χ0n) is 12.0. The van der Waals surface area contributed by atoms with E-state index in [2.05, 4.69) is 5.32 Å². The number of rotatable bonds is 7. The molecule has 114 valence electrons. The lowest BCUT2D eigenvalue weighted by Gasteiger charge is -2.11. The standard InChI is InChI=1S/C15H21N3O3/c16-15(19)12-7-8-14(18(20)21)13(10-12)17-9-3-6-11-4-1-2-5-11/h7-8,10-11,17H,1-6,9H2,(H2,16,19). The van der Waals surface area contributed by atoms with E-state index in [1.54, 1.807) is 0 Å². The lowest BCUT2D eigenvalue weighted by Crippen LogP contribution is -2.12. The van der Waals surface area contributed by atoms with Crippen molar-refractivity contribution in [2.45, 2.75) is 38.5 Å². The Morgan fingerprint density at radius 1 is 1.38 bits per heavy atom. The Hall–Kier alpha value is -2.11. The van der Waals surface area contributed by atoms with Crippen molar-refractivity contribution in [1.82, 2.24) is 0 Å². The molecule has 3 N–H and O–H groups in total. The Balaban J connectivity index is 1.94. The van der Waals surface area contributed by atoms with Crippen LogP contribution in [0.1, 0.15) is 48.9 Å². The molecule has 0 spiro atoms. The van der Waals surface area contributed by atoms with Crippen LogP contribution >= 0.6 is 0 Å². The van der Waals surface area contributed by atoms with Gasteiger partial charge in [0.15, 0.2) is 0 Å². The summed E-state index contributed by atoms with van der Waals surface area (Å²) in [6.45, 7) is 0.666. The van der Waals surface area contributed by atoms with E-state index in [0.717, 1.165) is 18.8 Å². The van der Waals surface area contributed by atoms with Crippen molar-refractivity contribution >= 4 is 17.3 Å². The molecule has 6 nitrogen and oxygen atoms in total. The average molecular weight is 291 g/mol. The minimum atomic E-state index is -0.584. The number of nitro benzene ring substituents is 1. The second-order valence-corrected chi connectivity index (χ2v) is 5.57. The number of benzene rings is 1. The monoisotopic (exact) mass is 291 g/mol. The van der Waals surface area contributed by atoms with E-state index >= 15 is 0 Å². The van der Waals surface area contributed by atoms with Gasteiger partial charge in [-0.3, -0.25) is 14.9 Å². The number of primary amides is 1. The van der Waals surface area contributed by atoms with Crippen LogP contribution in [-0.4, -0.2) is 17.4 Å². The van der Waals surface area contributed by atoms with Crippen LogP contribution in [0.3, 0.4) is 0 Å². The van der Waals surface area contributed by atoms with Crippen LogP contribution in [0.5, 0.6) is 0 Å². The fraction of sp³-hybridized carbons (Fsp3) is 0.533. The highest BCUT2D eigenvalue weighted by molar-refractivity contribution is 5.94. The average Bonchev–Trinajstić information content (AvgIpc) is 2.96. The third-order valence-corrected chi connectivity index (χ3v) is 4.06. The number of carbonyl (C=O) groups excluding carboxylic acids is 1. The predicted octanol–water partition coefficient (Wildman–Crippen LogP) is 3.08. The summed E-state index contributed by atoms with van der Waals surface area (Å²) >= 11 is 0. The van der Waals surface area contributed by atoms with Crippen molar-refractivity contribution in [3.05, 3.63) is 33.9 Å². The van der Waals surface area contributed by atoms with Gasteiger partial charge in [-0.25, -0.2) is 0 Å². The van der Waals surface area contributed by atoms with Crippen LogP contribution in [-0.2, 0) is 0 Å². The Kier molecular flexibility index (Phi) is 5.14. The minimum absolute atomic E-state index is 0.0270. The zero-order valence-corrected chi connectivity index (χ0v) is 12.0. The van der Waals surface area contributed by atoms with Crippen molar-refractivity contribution in [1.29, 1.82) is 0 Å². The molecule has 1 saturated carbocycles. The SMILES string of the molecule is NC(=O)c1ccc([N+](=O)[O-])c(NCCCC2CCCC2)c1. The van der Waals surface area contributed by atoms with E-state index in [-0.39, 0.29) is 11.3 Å². The Bertz CT molecular complexity index is 525. The second kappa shape index (κ2) is 7.06. The molecule has 0 aliphatic heterocycles. The van der Waals surface area contributed by atoms with Crippen LogP contribution in [0.15, 0.2) is 18.2 Å². The van der Waals surface area contributed by atoms with Crippen LogP contribution in [0.25, 0.3) is 0 Å². The number of hydrogen-bond donors (Lipinski definition) is 2. The third-order valence-electron chi connectivity index (χ3n) is 4.06. The highest BCUT2D eigenvalue weighted by Crippen LogP contribution is 2.29. The molecule has 0 heterocycles. The largest absolute Gasteiger partial charge is 0.379 e. The van der Waals surface area contributed by atoms with E-state index in [4.69, 9.17) is 5.73 Å². The van der Waals surface area contributed by atoms with Crippen molar-refractivity contribution in [2.75, 3.05) is 11.9 Å². The van der Waals surface area contributed by atoms with E-state index in [1.807, 2.05) is 0 Å². The summed E-state index contributed by atoms with van der Waals surface area (Å²) in [7, 11) is 0. The Labute approximate surface area is 123 Å². The Morgan fingerprint density at radius 2 is 2.10 bits per heavy atom. The number of carbonyl (C=O) groups is 1. The normalized spacial score (nSPS) is 15.0. The van der Waals surface area contributed by atoms with Gasteiger partial charge in [0, 0.05) is 18.2 Å². The van der Waals surface area contributed by atoms with E-state index < -0.39 is 10.8 Å². The molecular formula is C15H21N3O3. The molecule has 1 aromatic rings. The molecule has 21 heavy (non-hydrogen) atoms. The first-order valence-electron chi connectivity index (χ1n) is 7.40. The Morgan fingerprint density at radius 3 is 2.71 bits per heavy atom. The van der Waals surface area contributed by atoms with Gasteiger partial charge in [0.2, 0.25) is 5.91 Å². The van der Waals surface area contributed by atoms with Gasteiger partial charge in [-0.1, -0.05) is 25.7 Å². The van der Waals surface area contributed by atoms with Crippen molar-refractivity contribution < 1.29 is 9.72 Å². The van der Waals surface area contributed by atoms with Gasteiger partial charge in [-0.05, 0) is 30.9 Å². The first kappa shape index (κ1) is 15.3. The lowest BCUT2D eigenvalue weighted by molar-refractivity contribution is -0.384. The van der Waals surface area contributed by atoms with Gasteiger partial charge >= 0.3 is 0 Å². The first-order valence-corrected chi connectivity index (χ1v) is 7.40. The maximum absolute atomic E-state index is 11.2. The predicted molar refractivity (Wildman–Crippen MR) is 81.3 cm³/mol. The van der Waals surface area contributed by atoms with E-state index in [1.165, 1.54) is 43.9 Å². The molecule has 0 aromatic heterocycles. The molecule has 0 saturated heterocycles. The third kappa shape index (κ3) is 4.18. The minimum Gasteiger partial charge on any atom is -0.379 e. The second-order valence-electron chi connectivity index (χ2n) is 5.57. The highest BCUT2D eigenvalue weighted by atomic mass is 16.6. The molecule has 0 unspecified atom stereocenters. The number of nitro groups is 1. The van der Waals surface area contributed by atoms with Gasteiger partial charge in [0.05, 0.1) is 4.92 Å². The smallest absolute Gasteiger partial charge is 0.292 e. The fourth-order valence-electron chi connectivity index (χ4n) is 2.90. The molecule has 1 fully saturated rings. The van der Waals surface area contributed by atoms with Crippen molar-refractivity contribution in [2.24, 2.45) is 11.7 Å². The molecule has 1 aliphatic rings. The number of anilines is 1. The molecule has 1 aliphatic carbocycles. The summed E-state index contributed by atoms with van der Waals surface area (Å²) in [6, 6.07) is 4.15. The highest BCUT2D eigenvalue weighted by Gasteiger charge is 2.17. The lowest BCUT2D eigenvalue weighted by atomic mass is 10.0. The summed E-state index contributed by atoms with van der Waals surface area (Å²) in [5, 5.41) is 14.1. The number of amides is 1. The molecule has 2 rings (SSSR count). The summed E-state index contributed by atoms with van der Waals surface area (Å²) < 4.78 is 0. The maximum Gasteiger partial charge on any atom is 0.292 e. The van der Waals surface area contributed by atoms with E-state index in [0.29, 0.717) is 12.2 Å². The van der Waals surface area contributed by atoms with E-state index in [9.17, 15) is 14.9 Å². The van der Waals surface area contributed by atoms with Gasteiger partial charge in [-0.2, -0.15) is 0 Å². The van der Waals surface area contributed by atoms with Crippen LogP contribution < -0.4 is 11.1 Å². The number of nitrogens with zero attached hydrogens (tertiary/aromatic N) is 1. The van der Waals surface area contributed by atoms with Crippen LogP contribution in [0.2, 0.25) is 0 Å². The number of nitrogens with two attached hydrogens (primary N) is 1. The number of nitrogens with one attached hydrogen (secondary N) is 1. The molecule has 0 atom stereocenters. The molecule has 6 heteroatoms. The summed E-state index contributed by atoms with van der Waals surface area (Å²) in [4.78, 5) is 21.7. The molecule has 0 radical (unpaired) electrons. The topological polar surface area (TPSA) is 98.3 Å². The quantitative estimate of drug-likeness (QED) is 0.458. The molecular weight excluding hydrogens is 270 g/mol. The zero-order chi connectivity index (χ0) is 15.2. The van der Waals surface area contributed by atoms with Gasteiger partial charge in [-0.15, -0.1) is 0 Å². The maximum atomic E-state index is 11.2. The van der Waals surface area contributed by atoms with Gasteiger partial charge < -0.3 is 11.1 Å². The first-order chi connectivity index (χ1) is 10.1. The van der Waals surface area contributed by atoms with Crippen LogP contribution in [0, 0.1) is 16.0 Å². The van der Waals surface area contributed by atoms with Crippen LogP contribution in [0.4, 0.5) is 11.4 Å². The van der Waals surface area contributed by atoms with Gasteiger partial charge in [0.1, 0.15) is 5.69 Å².